The molecule has 0 aliphatic heterocycles. The Kier molecular flexibility index (Phi) is 4.72. The van der Waals surface area contributed by atoms with Gasteiger partial charge in [-0.2, -0.15) is 0 Å². The molecule has 0 aliphatic rings. The molecule has 0 aromatic carbocycles. The Morgan fingerprint density at radius 1 is 1.62 bits per heavy atom. The number of carbonyl (C=O) groups is 2. The minimum Gasteiger partial charge on any atom is -0.368 e. The number of carbonyl (C=O) groups excluding carboxylic acids is 2. The Morgan fingerprint density at radius 3 is 3.00 bits per heavy atom. The predicted molar refractivity (Wildman–Crippen MR) is 60.1 cm³/mol. The lowest BCUT2D eigenvalue weighted by atomic mass is 10.1. The normalized spacial score (nSPS) is 12.2. The second-order valence-corrected chi connectivity index (χ2v) is 3.16. The molecule has 1 rings (SSSR count). The number of nitrogens with two attached hydrogens (primary N) is 1. The zero-order valence-corrected chi connectivity index (χ0v) is 8.67. The van der Waals surface area contributed by atoms with Gasteiger partial charge in [0.1, 0.15) is 6.04 Å². The summed E-state index contributed by atoms with van der Waals surface area (Å²) in [5, 5.41) is 2.35. The van der Waals surface area contributed by atoms with E-state index < -0.39 is 11.9 Å². The molecule has 0 radical (unpaired) electrons. The van der Waals surface area contributed by atoms with Crippen LogP contribution in [0.15, 0.2) is 30.6 Å². The summed E-state index contributed by atoms with van der Waals surface area (Å²) in [5.74, 6) is -0.553. The van der Waals surface area contributed by atoms with E-state index in [1.54, 1.807) is 18.5 Å². The van der Waals surface area contributed by atoms with E-state index in [0.717, 1.165) is 5.56 Å². The molecule has 1 heterocycles. The average Bonchev–Trinajstić information content (AvgIpc) is 2.29. The van der Waals surface area contributed by atoms with Crippen molar-refractivity contribution in [3.8, 4) is 0 Å². The van der Waals surface area contributed by atoms with Crippen LogP contribution in [0.4, 0.5) is 0 Å². The van der Waals surface area contributed by atoms with Crippen LogP contribution in [0.1, 0.15) is 12.0 Å². The summed E-state index contributed by atoms with van der Waals surface area (Å²) in [6, 6.07) is 3.04. The quantitative estimate of drug-likeness (QED) is 0.665. The minimum atomic E-state index is -0.662. The van der Waals surface area contributed by atoms with Crippen molar-refractivity contribution in [2.75, 3.05) is 0 Å². The molecule has 84 valence electrons. The summed E-state index contributed by atoms with van der Waals surface area (Å²) in [6.45, 7) is 0. The fraction of sp³-hybridized carbons (Fsp3) is 0.182. The molecule has 16 heavy (non-hydrogen) atoms. The van der Waals surface area contributed by atoms with Gasteiger partial charge in [-0.25, -0.2) is 0 Å². The first-order valence-electron chi connectivity index (χ1n) is 4.79. The molecule has 3 N–H and O–H groups in total. The molecular formula is C11H13N3O2. The smallest absolute Gasteiger partial charge is 0.240 e. The number of hydrogen-bond acceptors (Lipinski definition) is 3. The van der Waals surface area contributed by atoms with Crippen LogP contribution in [0.5, 0.6) is 0 Å². The zero-order valence-electron chi connectivity index (χ0n) is 8.67. The van der Waals surface area contributed by atoms with Gasteiger partial charge in [-0.1, -0.05) is 18.2 Å². The van der Waals surface area contributed by atoms with Crippen molar-refractivity contribution >= 4 is 18.4 Å². The lowest BCUT2D eigenvalue weighted by Gasteiger charge is -2.08. The first-order chi connectivity index (χ1) is 7.74. The molecule has 0 spiro atoms. The Morgan fingerprint density at radius 2 is 2.44 bits per heavy atom. The standard InChI is InChI=1S/C11H13N3O2/c12-11(16)10(14-8-15)5-1-3-9-4-2-6-13-7-9/h1-4,6-8,10H,5H2,(H2,12,16)(H,14,15). The Labute approximate surface area is 93.4 Å². The first kappa shape index (κ1) is 11.9. The van der Waals surface area contributed by atoms with E-state index in [-0.39, 0.29) is 0 Å². The van der Waals surface area contributed by atoms with Crippen LogP contribution >= 0.6 is 0 Å². The van der Waals surface area contributed by atoms with Gasteiger partial charge in [0.05, 0.1) is 0 Å². The number of rotatable bonds is 6. The Hall–Kier alpha value is -2.17. The van der Waals surface area contributed by atoms with Crippen molar-refractivity contribution in [1.82, 2.24) is 10.3 Å². The lowest BCUT2D eigenvalue weighted by Crippen LogP contribution is -2.40. The van der Waals surface area contributed by atoms with Gasteiger partial charge >= 0.3 is 0 Å². The highest BCUT2D eigenvalue weighted by Crippen LogP contribution is 2.01. The first-order valence-corrected chi connectivity index (χ1v) is 4.79. The molecule has 1 unspecified atom stereocenters. The topological polar surface area (TPSA) is 85.1 Å². The van der Waals surface area contributed by atoms with E-state index in [0.29, 0.717) is 12.8 Å². The van der Waals surface area contributed by atoms with Gasteiger partial charge in [0.2, 0.25) is 12.3 Å². The summed E-state index contributed by atoms with van der Waals surface area (Å²) in [4.78, 5) is 25.0. The fourth-order valence-electron chi connectivity index (χ4n) is 1.16. The van der Waals surface area contributed by atoms with Crippen LogP contribution < -0.4 is 11.1 Å². The van der Waals surface area contributed by atoms with Gasteiger partial charge < -0.3 is 11.1 Å². The third-order valence-electron chi connectivity index (χ3n) is 1.98. The van der Waals surface area contributed by atoms with Gasteiger partial charge in [0, 0.05) is 12.4 Å². The molecule has 0 bridgehead atoms. The van der Waals surface area contributed by atoms with Crippen LogP contribution in [-0.2, 0) is 9.59 Å². The van der Waals surface area contributed by atoms with E-state index in [1.807, 2.05) is 18.2 Å². The second-order valence-electron chi connectivity index (χ2n) is 3.16. The molecule has 5 nitrogen and oxygen atoms in total. The third-order valence-corrected chi connectivity index (χ3v) is 1.98. The fourth-order valence-corrected chi connectivity index (χ4v) is 1.16. The maximum Gasteiger partial charge on any atom is 0.240 e. The largest absolute Gasteiger partial charge is 0.368 e. The number of aromatic nitrogens is 1. The molecular weight excluding hydrogens is 206 g/mol. The van der Waals surface area contributed by atoms with Gasteiger partial charge in [0.25, 0.3) is 0 Å². The number of pyridine rings is 1. The summed E-state index contributed by atoms with van der Waals surface area (Å²) >= 11 is 0. The van der Waals surface area contributed by atoms with E-state index in [1.165, 1.54) is 0 Å². The zero-order chi connectivity index (χ0) is 11.8. The van der Waals surface area contributed by atoms with E-state index in [4.69, 9.17) is 5.73 Å². The van der Waals surface area contributed by atoms with Gasteiger partial charge in [0.15, 0.2) is 0 Å². The van der Waals surface area contributed by atoms with Crippen LogP contribution in [-0.4, -0.2) is 23.3 Å². The van der Waals surface area contributed by atoms with Gasteiger partial charge in [-0.3, -0.25) is 14.6 Å². The molecule has 0 fully saturated rings. The van der Waals surface area contributed by atoms with E-state index in [2.05, 4.69) is 10.3 Å². The van der Waals surface area contributed by atoms with Crippen molar-refractivity contribution in [3.05, 3.63) is 36.2 Å². The molecule has 2 amide bonds. The van der Waals surface area contributed by atoms with Crippen molar-refractivity contribution < 1.29 is 9.59 Å². The van der Waals surface area contributed by atoms with Crippen molar-refractivity contribution in [2.45, 2.75) is 12.5 Å². The number of hydrogen-bond donors (Lipinski definition) is 2. The maximum atomic E-state index is 10.9. The highest BCUT2D eigenvalue weighted by Gasteiger charge is 2.10. The number of nitrogens with one attached hydrogen (secondary N) is 1. The summed E-state index contributed by atoms with van der Waals surface area (Å²) < 4.78 is 0. The van der Waals surface area contributed by atoms with E-state index in [9.17, 15) is 9.59 Å². The van der Waals surface area contributed by atoms with Crippen LogP contribution in [0.25, 0.3) is 6.08 Å². The van der Waals surface area contributed by atoms with Gasteiger partial charge in [-0.05, 0) is 18.1 Å². The van der Waals surface area contributed by atoms with Crippen LogP contribution in [0.3, 0.4) is 0 Å². The molecule has 0 aliphatic carbocycles. The number of amides is 2. The summed E-state index contributed by atoms with van der Waals surface area (Å²) in [5.41, 5.74) is 6.02. The van der Waals surface area contributed by atoms with Crippen LogP contribution in [0, 0.1) is 0 Å². The summed E-state index contributed by atoms with van der Waals surface area (Å²) in [7, 11) is 0. The molecule has 1 aromatic heterocycles. The number of nitrogens with zero attached hydrogens (tertiary/aromatic N) is 1. The average molecular weight is 219 g/mol. The van der Waals surface area contributed by atoms with Crippen molar-refractivity contribution in [1.29, 1.82) is 0 Å². The monoisotopic (exact) mass is 219 g/mol. The van der Waals surface area contributed by atoms with Crippen LogP contribution in [0.2, 0.25) is 0 Å². The SMILES string of the molecule is NC(=O)C(CC=Cc1cccnc1)NC=O. The molecule has 1 atom stereocenters. The second kappa shape index (κ2) is 6.34. The minimum absolute atomic E-state index is 0.364. The third kappa shape index (κ3) is 3.91. The van der Waals surface area contributed by atoms with E-state index >= 15 is 0 Å². The maximum absolute atomic E-state index is 10.9. The predicted octanol–water partition coefficient (Wildman–Crippen LogP) is 0.0848. The van der Waals surface area contributed by atoms with Gasteiger partial charge in [-0.15, -0.1) is 0 Å². The van der Waals surface area contributed by atoms with Crippen molar-refractivity contribution in [3.63, 3.8) is 0 Å². The summed E-state index contributed by atoms with van der Waals surface area (Å²) in [6.07, 6.45) is 7.79. The molecule has 0 saturated carbocycles. The Bertz CT molecular complexity index is 376. The Balaban J connectivity index is 2.52. The molecule has 5 heteroatoms. The lowest BCUT2D eigenvalue weighted by molar-refractivity contribution is -0.122. The highest BCUT2D eigenvalue weighted by molar-refractivity contribution is 5.82. The molecule has 1 aromatic rings. The number of primary amides is 1. The van der Waals surface area contributed by atoms with Crippen molar-refractivity contribution in [2.24, 2.45) is 5.73 Å². The highest BCUT2D eigenvalue weighted by atomic mass is 16.2. The molecule has 0 saturated heterocycles.